The minimum absolute atomic E-state index is 0.359. The number of benzene rings is 4. The molecule has 4 nitrogen and oxygen atoms in total. The molecule has 4 fully saturated rings. The van der Waals surface area contributed by atoms with Gasteiger partial charge in [0.2, 0.25) is 0 Å². The summed E-state index contributed by atoms with van der Waals surface area (Å²) < 4.78 is 0. The van der Waals surface area contributed by atoms with Crippen molar-refractivity contribution in [2.45, 2.75) is 43.9 Å². The summed E-state index contributed by atoms with van der Waals surface area (Å²) in [6.45, 7) is 0. The molecule has 1 heterocycles. The molecule has 204 valence electrons. The average molecular weight is 545 g/mol. The zero-order valence-electron chi connectivity index (χ0n) is 23.6. The lowest BCUT2D eigenvalue weighted by Crippen LogP contribution is -2.48. The highest BCUT2D eigenvalue weighted by Gasteiger charge is 2.51. The first-order valence-electron chi connectivity index (χ1n) is 15.2. The first-order valence-corrected chi connectivity index (χ1v) is 15.2. The van der Waals surface area contributed by atoms with Crippen LogP contribution in [0.1, 0.15) is 49.7 Å². The van der Waals surface area contributed by atoms with Crippen LogP contribution in [0.25, 0.3) is 45.3 Å². The van der Waals surface area contributed by atoms with Gasteiger partial charge in [0.15, 0.2) is 17.5 Å². The molecule has 4 aromatic carbocycles. The van der Waals surface area contributed by atoms with Crippen molar-refractivity contribution < 1.29 is 0 Å². The van der Waals surface area contributed by atoms with Crippen LogP contribution in [0.2, 0.25) is 0 Å². The summed E-state index contributed by atoms with van der Waals surface area (Å²) in [7, 11) is 0. The van der Waals surface area contributed by atoms with Gasteiger partial charge in [0, 0.05) is 16.7 Å². The first-order chi connectivity index (χ1) is 20.6. The molecule has 0 N–H and O–H groups in total. The Morgan fingerprint density at radius 1 is 0.524 bits per heavy atom. The quantitative estimate of drug-likeness (QED) is 0.222. The van der Waals surface area contributed by atoms with E-state index < -0.39 is 0 Å². The summed E-state index contributed by atoms with van der Waals surface area (Å²) in [5.41, 5.74) is 7.44. The van der Waals surface area contributed by atoms with Gasteiger partial charge in [-0.3, -0.25) is 0 Å². The lowest BCUT2D eigenvalue weighted by atomic mass is 9.48. The lowest BCUT2D eigenvalue weighted by molar-refractivity contribution is -0.00518. The van der Waals surface area contributed by atoms with Crippen LogP contribution in [0, 0.1) is 29.1 Å². The first kappa shape index (κ1) is 25.1. The molecule has 0 radical (unpaired) electrons. The highest BCUT2D eigenvalue weighted by atomic mass is 15.0. The fraction of sp³-hybridized carbons (Fsp3) is 0.263. The second-order valence-electron chi connectivity index (χ2n) is 12.7. The molecule has 1 aromatic heterocycles. The fourth-order valence-corrected chi connectivity index (χ4v) is 8.40. The standard InChI is InChI=1S/C38H32N4/c39-24-25-6-4-10-32(19-25)36-40-35(41-37(42-36)33-11-5-9-31(20-33)29-7-2-1-3-8-29)30-12-14-34(15-13-30)38-21-26-16-27(22-38)18-28(17-26)23-38/h1-15,19-20,26-28H,16-18,21-23H2. The maximum absolute atomic E-state index is 9.52. The van der Waals surface area contributed by atoms with Gasteiger partial charge < -0.3 is 0 Å². The van der Waals surface area contributed by atoms with Crippen LogP contribution >= 0.6 is 0 Å². The highest BCUT2D eigenvalue weighted by Crippen LogP contribution is 2.60. The minimum atomic E-state index is 0.359. The zero-order chi connectivity index (χ0) is 28.1. The Morgan fingerprint density at radius 2 is 1.05 bits per heavy atom. The van der Waals surface area contributed by atoms with Gasteiger partial charge in [-0.2, -0.15) is 5.26 Å². The summed E-state index contributed by atoms with van der Waals surface area (Å²) in [4.78, 5) is 14.9. The van der Waals surface area contributed by atoms with Crippen LogP contribution in [0.4, 0.5) is 0 Å². The Hall–Kier alpha value is -4.62. The van der Waals surface area contributed by atoms with Crippen molar-refractivity contribution in [3.63, 3.8) is 0 Å². The molecule has 0 spiro atoms. The number of hydrogen-bond acceptors (Lipinski definition) is 4. The van der Waals surface area contributed by atoms with Crippen molar-refractivity contribution in [3.8, 4) is 51.4 Å². The SMILES string of the molecule is N#Cc1cccc(-c2nc(-c3ccc(C45CC6CC(CC(C6)C4)C5)cc3)nc(-c3cccc(-c4ccccc4)c3)n2)c1. The molecule has 4 saturated carbocycles. The van der Waals surface area contributed by atoms with Crippen molar-refractivity contribution in [3.05, 3.63) is 114 Å². The van der Waals surface area contributed by atoms with Crippen LogP contribution in [-0.2, 0) is 5.41 Å². The molecule has 9 rings (SSSR count). The van der Waals surface area contributed by atoms with E-state index in [1.54, 1.807) is 6.07 Å². The van der Waals surface area contributed by atoms with E-state index in [0.717, 1.165) is 45.6 Å². The van der Waals surface area contributed by atoms with E-state index >= 15 is 0 Å². The number of aromatic nitrogens is 3. The van der Waals surface area contributed by atoms with Crippen molar-refractivity contribution in [2.75, 3.05) is 0 Å². The van der Waals surface area contributed by atoms with Crippen LogP contribution < -0.4 is 0 Å². The van der Waals surface area contributed by atoms with Crippen LogP contribution in [0.5, 0.6) is 0 Å². The van der Waals surface area contributed by atoms with Crippen molar-refractivity contribution >= 4 is 0 Å². The van der Waals surface area contributed by atoms with Crippen molar-refractivity contribution in [2.24, 2.45) is 17.8 Å². The van der Waals surface area contributed by atoms with E-state index in [-0.39, 0.29) is 0 Å². The normalized spacial score (nSPS) is 23.9. The van der Waals surface area contributed by atoms with E-state index in [1.807, 2.05) is 24.3 Å². The van der Waals surface area contributed by atoms with E-state index in [2.05, 4.69) is 78.9 Å². The Balaban J connectivity index is 1.21. The lowest BCUT2D eigenvalue weighted by Gasteiger charge is -2.57. The summed E-state index contributed by atoms with van der Waals surface area (Å²) >= 11 is 0. The van der Waals surface area contributed by atoms with Gasteiger partial charge in [-0.05, 0) is 96.6 Å². The molecular weight excluding hydrogens is 512 g/mol. The summed E-state index contributed by atoms with van der Waals surface area (Å²) in [6, 6.07) is 37.6. The Labute approximate surface area is 247 Å². The van der Waals surface area contributed by atoms with Gasteiger partial charge in [0.05, 0.1) is 11.6 Å². The van der Waals surface area contributed by atoms with E-state index in [9.17, 15) is 5.26 Å². The largest absolute Gasteiger partial charge is 0.208 e. The molecule has 0 aliphatic heterocycles. The Kier molecular flexibility index (Phi) is 6.00. The summed E-state index contributed by atoms with van der Waals surface area (Å²) in [5.74, 6) is 4.60. The third-order valence-electron chi connectivity index (χ3n) is 9.91. The van der Waals surface area contributed by atoms with Gasteiger partial charge in [-0.1, -0.05) is 84.9 Å². The molecule has 0 atom stereocenters. The van der Waals surface area contributed by atoms with Crippen molar-refractivity contribution in [1.29, 1.82) is 5.26 Å². The predicted octanol–water partition coefficient (Wildman–Crippen LogP) is 8.88. The summed E-state index contributed by atoms with van der Waals surface area (Å²) in [6.07, 6.45) is 8.41. The van der Waals surface area contributed by atoms with E-state index in [4.69, 9.17) is 15.0 Å². The predicted molar refractivity (Wildman–Crippen MR) is 166 cm³/mol. The maximum Gasteiger partial charge on any atom is 0.164 e. The zero-order valence-corrected chi connectivity index (χ0v) is 23.6. The van der Waals surface area contributed by atoms with Gasteiger partial charge in [0.1, 0.15) is 0 Å². The molecule has 0 saturated heterocycles. The third kappa shape index (κ3) is 4.50. The number of nitrogens with zero attached hydrogens (tertiary/aromatic N) is 4. The molecule has 0 unspecified atom stereocenters. The van der Waals surface area contributed by atoms with Crippen LogP contribution in [0.3, 0.4) is 0 Å². The number of nitriles is 1. The molecule has 42 heavy (non-hydrogen) atoms. The second-order valence-corrected chi connectivity index (χ2v) is 12.7. The average Bonchev–Trinajstić information content (AvgIpc) is 3.04. The topological polar surface area (TPSA) is 62.5 Å². The van der Waals surface area contributed by atoms with Gasteiger partial charge >= 0.3 is 0 Å². The number of rotatable bonds is 5. The minimum Gasteiger partial charge on any atom is -0.208 e. The fourth-order valence-electron chi connectivity index (χ4n) is 8.40. The Bertz CT molecular complexity index is 1780. The molecule has 5 aromatic rings. The molecular formula is C38H32N4. The smallest absolute Gasteiger partial charge is 0.164 e. The van der Waals surface area contributed by atoms with Crippen LogP contribution in [-0.4, -0.2) is 15.0 Å². The van der Waals surface area contributed by atoms with Crippen LogP contribution in [0.15, 0.2) is 103 Å². The van der Waals surface area contributed by atoms with Crippen molar-refractivity contribution in [1.82, 2.24) is 15.0 Å². The Morgan fingerprint density at radius 3 is 1.67 bits per heavy atom. The highest BCUT2D eigenvalue weighted by molar-refractivity contribution is 5.72. The second kappa shape index (κ2) is 10.0. The molecule has 4 bridgehead atoms. The molecule has 0 amide bonds. The molecule has 4 aliphatic rings. The monoisotopic (exact) mass is 544 g/mol. The third-order valence-corrected chi connectivity index (χ3v) is 9.91. The molecule has 4 aliphatic carbocycles. The molecule has 4 heteroatoms. The maximum atomic E-state index is 9.52. The van der Waals surface area contributed by atoms with Gasteiger partial charge in [-0.25, -0.2) is 15.0 Å². The van der Waals surface area contributed by atoms with E-state index in [0.29, 0.717) is 28.5 Å². The summed E-state index contributed by atoms with van der Waals surface area (Å²) in [5, 5.41) is 9.52. The number of hydrogen-bond donors (Lipinski definition) is 0. The van der Waals surface area contributed by atoms with Gasteiger partial charge in [0.25, 0.3) is 0 Å². The van der Waals surface area contributed by atoms with Gasteiger partial charge in [-0.15, -0.1) is 0 Å². The van der Waals surface area contributed by atoms with E-state index in [1.165, 1.54) is 44.1 Å².